The van der Waals surface area contributed by atoms with E-state index in [9.17, 15) is 56.2 Å². The van der Waals surface area contributed by atoms with Gasteiger partial charge in [-0.1, -0.05) is 0 Å². The van der Waals surface area contributed by atoms with Gasteiger partial charge in [-0.15, -0.1) is 0 Å². The van der Waals surface area contributed by atoms with Crippen molar-refractivity contribution in [2.24, 2.45) is 0 Å². The van der Waals surface area contributed by atoms with Crippen LogP contribution in [0.2, 0.25) is 0 Å². The van der Waals surface area contributed by atoms with Gasteiger partial charge in [0.15, 0.2) is 0 Å². The van der Waals surface area contributed by atoms with Gasteiger partial charge < -0.3 is 79.9 Å². The second kappa shape index (κ2) is 10.8. The summed E-state index contributed by atoms with van der Waals surface area (Å²) in [7, 11) is 0. The Kier molecular flexibility index (Phi) is 8.85. The second-order valence-electron chi connectivity index (χ2n) is 8.41. The molecule has 3 aliphatic heterocycles. The molecule has 3 aliphatic rings. The van der Waals surface area contributed by atoms with Crippen LogP contribution >= 0.6 is 0 Å². The van der Waals surface area contributed by atoms with Gasteiger partial charge in [0.1, 0.15) is 74.3 Å². The minimum Gasteiger partial charge on any atom is -0.829 e. The van der Waals surface area contributed by atoms with E-state index in [1.54, 1.807) is 0 Å². The molecule has 0 spiro atoms. The minimum absolute atomic E-state index is 0.761. The van der Waals surface area contributed by atoms with Crippen molar-refractivity contribution < 1.29 is 79.9 Å². The molecule has 3 saturated heterocycles. The van der Waals surface area contributed by atoms with Crippen molar-refractivity contribution in [3.05, 3.63) is 0 Å². The molecular weight excluding hydrogens is 472 g/mol. The van der Waals surface area contributed by atoms with Crippen LogP contribution in [0.25, 0.3) is 0 Å². The molecule has 0 aromatic rings. The molecule has 10 N–H and O–H groups in total. The fourth-order valence-electron chi connectivity index (χ4n) is 4.19. The van der Waals surface area contributed by atoms with Gasteiger partial charge in [-0.2, -0.15) is 0 Å². The van der Waals surface area contributed by atoms with E-state index in [-0.39, 0.29) is 0 Å². The Hall–Kier alpha value is -0.640. The number of hydrogen-bond donors (Lipinski definition) is 10. The molecule has 0 unspecified atom stereocenters. The van der Waals surface area contributed by atoms with Crippen LogP contribution in [0, 0.1) is 0 Å². The summed E-state index contributed by atoms with van der Waals surface area (Å²) < 4.78 is 26.4. The number of rotatable bonds is 9. The summed E-state index contributed by atoms with van der Waals surface area (Å²) in [5.41, 5.74) is 0. The second-order valence-corrected chi connectivity index (χ2v) is 8.41. The van der Waals surface area contributed by atoms with Crippen molar-refractivity contribution in [3.63, 3.8) is 0 Å². The van der Waals surface area contributed by atoms with Gasteiger partial charge >= 0.3 is 0 Å². The number of ether oxygens (including phenoxy) is 5. The molecule has 0 aromatic heterocycles. The van der Waals surface area contributed by atoms with Gasteiger partial charge in [0, 0.05) is 6.29 Å². The Morgan fingerprint density at radius 2 is 1.18 bits per heavy atom. The number of aliphatic hydroxyl groups is 10. The lowest BCUT2D eigenvalue weighted by atomic mass is 9.98. The average molecular weight is 503 g/mol. The Morgan fingerprint density at radius 3 is 1.65 bits per heavy atom. The molecule has 16 heteroatoms. The van der Waals surface area contributed by atoms with Crippen LogP contribution in [0.15, 0.2) is 0 Å². The molecule has 0 amide bonds. The first-order valence-electron chi connectivity index (χ1n) is 10.5. The average Bonchev–Trinajstić information content (AvgIpc) is 3.23. The summed E-state index contributed by atoms with van der Waals surface area (Å²) in [5, 5.41) is 112. The van der Waals surface area contributed by atoms with Gasteiger partial charge in [-0.3, -0.25) is 0 Å². The molecule has 16 nitrogen and oxygen atoms in total. The normalized spacial score (nSPS) is 51.8. The number of hydrogen-bond acceptors (Lipinski definition) is 16. The van der Waals surface area contributed by atoms with Crippen molar-refractivity contribution in [2.75, 3.05) is 33.0 Å². The quantitative estimate of drug-likeness (QED) is 0.140. The van der Waals surface area contributed by atoms with Crippen LogP contribution in [0.4, 0.5) is 0 Å². The first-order chi connectivity index (χ1) is 16.0. The molecule has 0 bridgehead atoms. The Morgan fingerprint density at radius 1 is 0.676 bits per heavy atom. The van der Waals surface area contributed by atoms with Crippen LogP contribution in [0.1, 0.15) is 0 Å². The summed E-state index contributed by atoms with van der Waals surface area (Å²) in [6, 6.07) is 0. The topological polar surface area (TPSA) is 272 Å². The zero-order valence-corrected chi connectivity index (χ0v) is 17.8. The Labute approximate surface area is 192 Å². The van der Waals surface area contributed by atoms with Gasteiger partial charge in [0.25, 0.3) is 0 Å². The van der Waals surface area contributed by atoms with E-state index in [0.29, 0.717) is 0 Å². The van der Waals surface area contributed by atoms with Crippen molar-refractivity contribution in [1.82, 2.24) is 0 Å². The molecule has 0 saturated carbocycles. The Balaban J connectivity index is 1.88. The van der Waals surface area contributed by atoms with E-state index in [1.165, 1.54) is 0 Å². The van der Waals surface area contributed by atoms with Crippen LogP contribution in [0.5, 0.6) is 0 Å². The monoisotopic (exact) mass is 503 g/mol. The zero-order valence-electron chi connectivity index (χ0n) is 17.8. The predicted octanol–water partition coefficient (Wildman–Crippen LogP) is -8.20. The maximum Gasteiger partial charge on any atom is 0.222 e. The van der Waals surface area contributed by atoms with Crippen LogP contribution < -0.4 is 5.11 Å². The van der Waals surface area contributed by atoms with E-state index in [4.69, 9.17) is 23.7 Å². The van der Waals surface area contributed by atoms with E-state index >= 15 is 0 Å². The molecule has 200 valence electrons. The third kappa shape index (κ3) is 4.71. The summed E-state index contributed by atoms with van der Waals surface area (Å²) in [6.45, 7) is -4.50. The van der Waals surface area contributed by atoms with Crippen LogP contribution in [-0.2, 0) is 23.7 Å². The highest BCUT2D eigenvalue weighted by Gasteiger charge is 2.61. The van der Waals surface area contributed by atoms with Gasteiger partial charge in [-0.25, -0.2) is 0 Å². The van der Waals surface area contributed by atoms with Crippen LogP contribution in [0.3, 0.4) is 0 Å². The maximum absolute atomic E-state index is 12.4. The lowest BCUT2D eigenvalue weighted by Gasteiger charge is -2.48. The summed E-state index contributed by atoms with van der Waals surface area (Å²) in [4.78, 5) is 0. The molecule has 0 radical (unpaired) electrons. The molecule has 3 rings (SSSR count). The van der Waals surface area contributed by atoms with Crippen molar-refractivity contribution in [1.29, 1.82) is 0 Å². The standard InChI is InChI=1S/C18H31O16/c19-1-6-9(23)12(26)13(16(29)31-6)34-18(15(28)11(25)8(3-21)33-18)5-30-17(4-22)14(27)10(24)7(2-20)32-17/h6-16,19-28H,1-5H2/q-1/t6-,7-,8-,9-,10-,11-,12+,13-,14+,15+,16+,17+,18-/m1/s1. The van der Waals surface area contributed by atoms with Gasteiger partial charge in [0.05, 0.1) is 19.8 Å². The van der Waals surface area contributed by atoms with E-state index in [0.717, 1.165) is 0 Å². The molecular formula is C18H31O16-. The third-order valence-corrected chi connectivity index (χ3v) is 6.27. The highest BCUT2D eigenvalue weighted by Crippen LogP contribution is 2.39. The largest absolute Gasteiger partial charge is 0.829 e. The summed E-state index contributed by atoms with van der Waals surface area (Å²) in [5.74, 6) is -4.92. The van der Waals surface area contributed by atoms with E-state index in [2.05, 4.69) is 0 Å². The van der Waals surface area contributed by atoms with E-state index in [1.807, 2.05) is 0 Å². The lowest BCUT2D eigenvalue weighted by molar-refractivity contribution is -0.544. The fraction of sp³-hybridized carbons (Fsp3) is 1.00. The molecule has 3 heterocycles. The fourth-order valence-corrected chi connectivity index (χ4v) is 4.19. The van der Waals surface area contributed by atoms with Crippen LogP contribution in [-0.4, -0.2) is 163 Å². The highest BCUT2D eigenvalue weighted by molar-refractivity contribution is 5.02. The molecule has 13 atom stereocenters. The summed E-state index contributed by atoms with van der Waals surface area (Å²) in [6.07, 6.45) is -19.7. The maximum atomic E-state index is 12.4. The third-order valence-electron chi connectivity index (χ3n) is 6.27. The van der Waals surface area contributed by atoms with E-state index < -0.39 is 112 Å². The van der Waals surface area contributed by atoms with Crippen molar-refractivity contribution in [3.8, 4) is 0 Å². The molecule has 0 aromatic carbocycles. The highest BCUT2D eigenvalue weighted by atomic mass is 16.8. The molecule has 3 fully saturated rings. The van der Waals surface area contributed by atoms with Gasteiger partial charge in [0.2, 0.25) is 11.6 Å². The minimum atomic E-state index is -2.55. The van der Waals surface area contributed by atoms with Gasteiger partial charge in [-0.05, 0) is 0 Å². The number of aliphatic hydroxyl groups excluding tert-OH is 10. The lowest BCUT2D eigenvalue weighted by Crippen LogP contribution is -2.67. The first-order valence-corrected chi connectivity index (χ1v) is 10.5. The van der Waals surface area contributed by atoms with Crippen molar-refractivity contribution >= 4 is 0 Å². The Bertz CT molecular complexity index is 670. The summed E-state index contributed by atoms with van der Waals surface area (Å²) >= 11 is 0. The zero-order chi connectivity index (χ0) is 25.4. The SMILES string of the molecule is [O-][C@H]1O[C@H](CO)[C@@H](O)[C@H](O)[C@H]1O[C@@]1(CO[C@@]2(CO)O[C@H](CO)[C@@H](O)[C@@H]2O)O[C@H](CO)[C@@H](O)[C@@H]1O. The molecule has 0 aliphatic carbocycles. The first kappa shape index (κ1) is 27.9. The molecule has 34 heavy (non-hydrogen) atoms. The predicted molar refractivity (Wildman–Crippen MR) is 99.1 cm³/mol. The smallest absolute Gasteiger partial charge is 0.222 e. The van der Waals surface area contributed by atoms with Crippen molar-refractivity contribution in [2.45, 2.75) is 78.9 Å².